The fourth-order valence-electron chi connectivity index (χ4n) is 26.1. The third-order valence-electron chi connectivity index (χ3n) is 31.5. The van der Waals surface area contributed by atoms with E-state index >= 15 is 0 Å². The van der Waals surface area contributed by atoms with Crippen molar-refractivity contribution >= 4 is 28.9 Å². The van der Waals surface area contributed by atoms with Crippen molar-refractivity contribution in [1.82, 2.24) is 56.0 Å². The van der Waals surface area contributed by atoms with Gasteiger partial charge in [-0.3, -0.25) is 54.5 Å². The fraction of sp³-hybridized carbons (Fsp3) is 0.470. The molecule has 22 rings (SSSR count). The summed E-state index contributed by atoms with van der Waals surface area (Å²) in [5.74, 6) is 2.71. The van der Waals surface area contributed by atoms with Crippen molar-refractivity contribution in [3.63, 3.8) is 0 Å². The highest BCUT2D eigenvalue weighted by Gasteiger charge is 2.57. The number of nitriles is 2. The predicted molar refractivity (Wildman–Crippen MR) is 520 cm³/mol. The summed E-state index contributed by atoms with van der Waals surface area (Å²) < 4.78 is 0. The van der Waals surface area contributed by atoms with Crippen LogP contribution in [0.15, 0.2) is 189 Å². The van der Waals surface area contributed by atoms with Gasteiger partial charge in [-0.05, 0) is 190 Å². The van der Waals surface area contributed by atoms with Crippen molar-refractivity contribution in [1.29, 1.82) is 10.5 Å². The van der Waals surface area contributed by atoms with Crippen LogP contribution in [-0.2, 0) is 88.6 Å². The van der Waals surface area contributed by atoms with E-state index in [0.29, 0.717) is 72.6 Å². The molecular weight excluding hydrogens is 1640 g/mol. The molecule has 5 atom stereocenters. The number of hydrogen-bond donors (Lipinski definition) is 5. The number of nitrogens with zero attached hydrogens (tertiary/aromatic N) is 8. The van der Waals surface area contributed by atoms with Crippen LogP contribution in [0, 0.1) is 56.7 Å². The first-order valence-corrected chi connectivity index (χ1v) is 48.4. The number of fused-ring (bicyclic) bond motifs is 5. The van der Waals surface area contributed by atoms with Gasteiger partial charge in [0, 0.05) is 200 Å². The lowest BCUT2D eigenvalue weighted by molar-refractivity contribution is -0.119. The number of carbonyl (C=O) groups excluding carboxylic acids is 5. The summed E-state index contributed by atoms with van der Waals surface area (Å²) in [6.07, 6.45) is 20.1. The number of aromatic nitrogens is 11. The summed E-state index contributed by atoms with van der Waals surface area (Å²) in [7, 11) is 0. The zero-order valence-corrected chi connectivity index (χ0v) is 82.0. The number of ketones is 5. The van der Waals surface area contributed by atoms with E-state index in [0.717, 1.165) is 160 Å². The van der Waals surface area contributed by atoms with Gasteiger partial charge in [0.2, 0.25) is 0 Å². The average molecular weight is 1780 g/mol. The lowest BCUT2D eigenvalue weighted by atomic mass is 9.57. The molecule has 0 radical (unpaired) electrons. The molecule has 0 aliphatic heterocycles. The number of aromatic amines is 5. The Bertz CT molecular complexity index is 6550. The summed E-state index contributed by atoms with van der Waals surface area (Å²) in [5, 5.41) is 58.7. The second kappa shape index (κ2) is 32.7. The van der Waals surface area contributed by atoms with Crippen molar-refractivity contribution in [2.24, 2.45) is 27.1 Å². The molecule has 12 aliphatic rings. The van der Waals surface area contributed by atoms with Gasteiger partial charge in [0.15, 0.2) is 28.9 Å². The molecule has 2 fully saturated rings. The van der Waals surface area contributed by atoms with Crippen LogP contribution in [0.25, 0.3) is 0 Å². The minimum Gasteiger partial charge on any atom is -0.294 e. The molecule has 3 unspecified atom stereocenters. The van der Waals surface area contributed by atoms with E-state index in [4.69, 9.17) is 15.3 Å². The minimum absolute atomic E-state index is 0.0117. The molecule has 0 bridgehead atoms. The van der Waals surface area contributed by atoms with Crippen LogP contribution in [-0.4, -0.2) is 84.9 Å². The maximum absolute atomic E-state index is 13.5. The molecule has 10 aromatic rings. The SMILES string of the molecule is CC(C)c1n[nH]c2c1C(C)(c1ccccc1)C1=C(C2)CC(C)(C)CC1=O.CC1(C)CC(=O)C2=C(Cc3[nH]nc(C(C)(C)C)c3C2(C)c2ccccc2)C1.CC1(C)CC(=O)C2=C(Cc3[nH]nc(C4CC4)c3[C@@]2(C)c2cccc(C#N)c2)C1.CC1(C)CC(=O)C2=C(Cc3[nH]nc(C4CC4)c3[C@]2(C)c2cccc(C#N)c2)C1.Cc1[nH]nc2c1C(C)(c1cccnc1)C1=C(C2)CC(C)(C)CC1=O. The maximum atomic E-state index is 13.5. The number of H-pyrrole nitrogens is 5. The molecule has 133 heavy (non-hydrogen) atoms. The van der Waals surface area contributed by atoms with Crippen LogP contribution in [0.3, 0.4) is 0 Å². The molecule has 686 valence electrons. The zero-order valence-electron chi connectivity index (χ0n) is 82.0. The third kappa shape index (κ3) is 15.9. The number of benzene rings is 4. The highest BCUT2D eigenvalue weighted by atomic mass is 16.1. The van der Waals surface area contributed by atoms with Crippen LogP contribution in [0.2, 0.25) is 0 Å². The monoisotopic (exact) mass is 1770 g/mol. The van der Waals surface area contributed by atoms with E-state index in [9.17, 15) is 34.5 Å². The molecule has 6 heterocycles. The van der Waals surface area contributed by atoms with E-state index in [2.05, 4.69) is 258 Å². The normalized spacial score (nSPS) is 25.3. The number of Topliss-reactive ketones (excluding diaryl/α,β-unsaturated/α-hetero) is 5. The molecule has 6 aromatic heterocycles. The van der Waals surface area contributed by atoms with Crippen molar-refractivity contribution in [3.8, 4) is 12.1 Å². The van der Waals surface area contributed by atoms with Gasteiger partial charge in [-0.2, -0.15) is 36.0 Å². The molecular formula is C115H131N13O5. The van der Waals surface area contributed by atoms with Crippen LogP contribution in [0.1, 0.15) is 370 Å². The predicted octanol–water partition coefficient (Wildman–Crippen LogP) is 23.4. The van der Waals surface area contributed by atoms with E-state index in [-0.39, 0.29) is 49.8 Å². The number of hydrogen-bond acceptors (Lipinski definition) is 13. The van der Waals surface area contributed by atoms with Gasteiger partial charge in [0.1, 0.15) is 0 Å². The topological polar surface area (TPSA) is 289 Å². The number of allylic oxidation sites excluding steroid dienone is 10. The summed E-state index contributed by atoms with van der Waals surface area (Å²) >= 11 is 0. The summed E-state index contributed by atoms with van der Waals surface area (Å²) in [4.78, 5) is 71.2. The lowest BCUT2D eigenvalue weighted by Gasteiger charge is -2.44. The van der Waals surface area contributed by atoms with Crippen molar-refractivity contribution in [2.45, 2.75) is 318 Å². The second-order valence-electron chi connectivity index (χ2n) is 46.9. The first-order valence-electron chi connectivity index (χ1n) is 48.4. The van der Waals surface area contributed by atoms with Crippen molar-refractivity contribution in [3.05, 3.63) is 313 Å². The van der Waals surface area contributed by atoms with Gasteiger partial charge in [-0.15, -0.1) is 0 Å². The third-order valence-corrected chi connectivity index (χ3v) is 31.5. The Morgan fingerprint density at radius 3 is 1.05 bits per heavy atom. The molecule has 0 amide bonds. The summed E-state index contributed by atoms with van der Waals surface area (Å²) in [5.41, 5.74) is 32.7. The van der Waals surface area contributed by atoms with E-state index < -0.39 is 27.1 Å². The molecule has 5 N–H and O–H groups in total. The van der Waals surface area contributed by atoms with E-state index in [1.54, 1.807) is 6.20 Å². The molecule has 12 aliphatic carbocycles. The zero-order chi connectivity index (χ0) is 94.8. The standard InChI is InChI=1S/2C24H25N3O.C24H30N2O.C23H28N2O.C20H23N3O/c2*1-23(2)11-16-10-18-21(22(27-26-18)15-7-8-15)24(3,20(16)19(28)12-23)17-6-4-5-14(9-17)13-25;1-22(2,3)21-20-17(25-26-21)12-15-13-23(4,5)14-18(27)19(15)24(20,6)16-10-8-7-9-11-16;1-14(2)21-20-17(24-25-21)11-15-12-22(3,4)13-18(26)19(15)23(20,5)16-9-7-6-8-10-16;1-12-17-15(23-22-12)8-13-9-19(2,3)10-16(24)18(13)20(17,4)14-6-5-7-21-11-14/h2*4-6,9,15H,7-8,10-12H2,1-3H3,(H,26,27);7-11H,12-14H2,1-6H3,(H,25,26);6-10,14H,11-13H2,1-5H3,(H,24,25);5-7,11H,8-10H2,1-4H3,(H,22,23)/t2*24-;;;/m10.../s1. The van der Waals surface area contributed by atoms with Gasteiger partial charge in [-0.25, -0.2) is 0 Å². The largest absolute Gasteiger partial charge is 0.294 e. The Labute approximate surface area is 784 Å². The Morgan fingerprint density at radius 2 is 0.692 bits per heavy atom. The minimum atomic E-state index is -0.547. The quantitative estimate of drug-likeness (QED) is 0.0947. The van der Waals surface area contributed by atoms with Crippen molar-refractivity contribution < 1.29 is 24.0 Å². The van der Waals surface area contributed by atoms with Crippen LogP contribution >= 0.6 is 0 Å². The lowest BCUT2D eigenvalue weighted by Crippen LogP contribution is -2.42. The molecule has 0 saturated heterocycles. The van der Waals surface area contributed by atoms with Gasteiger partial charge in [-0.1, -0.05) is 223 Å². The molecule has 4 aromatic carbocycles. The first kappa shape index (κ1) is 91.6. The summed E-state index contributed by atoms with van der Waals surface area (Å²) in [6, 6.07) is 45.1. The van der Waals surface area contributed by atoms with Gasteiger partial charge in [0.05, 0.1) is 57.1 Å². The smallest absolute Gasteiger partial charge is 0.160 e. The Hall–Kier alpha value is -11.9. The van der Waals surface area contributed by atoms with Gasteiger partial charge < -0.3 is 0 Å². The van der Waals surface area contributed by atoms with Crippen LogP contribution < -0.4 is 0 Å². The van der Waals surface area contributed by atoms with E-state index in [1.807, 2.05) is 67.7 Å². The first-order chi connectivity index (χ1) is 62.8. The van der Waals surface area contributed by atoms with Gasteiger partial charge in [0.25, 0.3) is 0 Å². The number of rotatable bonds is 8. The molecule has 18 heteroatoms. The fourth-order valence-corrected chi connectivity index (χ4v) is 26.1. The highest BCUT2D eigenvalue weighted by Crippen LogP contribution is 2.62. The Kier molecular flexibility index (Phi) is 22.6. The number of carbonyl (C=O) groups is 5. The Morgan fingerprint density at radius 1 is 0.361 bits per heavy atom. The maximum Gasteiger partial charge on any atom is 0.160 e. The second-order valence-corrected chi connectivity index (χ2v) is 46.9. The molecule has 2 saturated carbocycles. The summed E-state index contributed by atoms with van der Waals surface area (Å²) in [6.45, 7) is 45.9. The van der Waals surface area contributed by atoms with Crippen LogP contribution in [0.4, 0.5) is 0 Å². The van der Waals surface area contributed by atoms with Crippen LogP contribution in [0.5, 0.6) is 0 Å². The Balaban J connectivity index is 0.000000111. The van der Waals surface area contributed by atoms with Crippen molar-refractivity contribution in [2.75, 3.05) is 0 Å². The van der Waals surface area contributed by atoms with E-state index in [1.165, 1.54) is 98.3 Å². The highest BCUT2D eigenvalue weighted by molar-refractivity contribution is 6.05. The molecule has 18 nitrogen and oxygen atoms in total. The number of nitrogens with one attached hydrogen (secondary N) is 5. The van der Waals surface area contributed by atoms with Gasteiger partial charge >= 0.3 is 0 Å². The number of pyridine rings is 1. The molecule has 0 spiro atoms. The average Bonchev–Trinajstić information content (AvgIpc) is 1.64. The number of aryl methyl sites for hydroxylation is 1.